The van der Waals surface area contributed by atoms with Crippen molar-refractivity contribution in [2.75, 3.05) is 0 Å². The summed E-state index contributed by atoms with van der Waals surface area (Å²) in [6.07, 6.45) is 0. The van der Waals surface area contributed by atoms with Crippen LogP contribution in [0.1, 0.15) is 5.82 Å². The number of benzene rings is 3. The predicted octanol–water partition coefficient (Wildman–Crippen LogP) is 4.96. The number of rotatable bonds is 3. The Bertz CT molecular complexity index is 1000. The minimum Gasteiger partial charge on any atom is -0.485 e. The van der Waals surface area contributed by atoms with Crippen LogP contribution >= 0.6 is 11.6 Å². The number of halogens is 1. The molecule has 1 heterocycles. The summed E-state index contributed by atoms with van der Waals surface area (Å²) in [7, 11) is 1.99. The fourth-order valence-electron chi connectivity index (χ4n) is 2.82. The van der Waals surface area contributed by atoms with Crippen LogP contribution in [0.4, 0.5) is 0 Å². The number of hydrogen-bond donors (Lipinski definition) is 0. The molecule has 0 aliphatic carbocycles. The third-order valence-corrected chi connectivity index (χ3v) is 4.28. The SMILES string of the molecule is Cn1c(COc2cccc3ccccc23)nc2cc(Cl)ccc21. The van der Waals surface area contributed by atoms with Gasteiger partial charge in [-0.05, 0) is 29.7 Å². The van der Waals surface area contributed by atoms with Gasteiger partial charge in [-0.15, -0.1) is 0 Å². The number of aryl methyl sites for hydroxylation is 1. The Labute approximate surface area is 139 Å². The normalized spacial score (nSPS) is 11.2. The maximum atomic E-state index is 6.04. The third kappa shape index (κ3) is 2.53. The number of imidazole rings is 1. The van der Waals surface area contributed by atoms with Crippen LogP contribution in [0.15, 0.2) is 60.7 Å². The molecule has 0 radical (unpaired) electrons. The zero-order chi connectivity index (χ0) is 15.8. The largest absolute Gasteiger partial charge is 0.485 e. The van der Waals surface area contributed by atoms with Gasteiger partial charge in [-0.1, -0.05) is 48.0 Å². The number of nitrogens with zero attached hydrogens (tertiary/aromatic N) is 2. The van der Waals surface area contributed by atoms with Crippen molar-refractivity contribution < 1.29 is 4.74 Å². The molecule has 1 aromatic heterocycles. The summed E-state index contributed by atoms with van der Waals surface area (Å²) in [5.74, 6) is 1.74. The Balaban J connectivity index is 1.67. The lowest BCUT2D eigenvalue weighted by atomic mass is 10.1. The highest BCUT2D eigenvalue weighted by Crippen LogP contribution is 2.26. The Hall–Kier alpha value is -2.52. The first kappa shape index (κ1) is 14.1. The fourth-order valence-corrected chi connectivity index (χ4v) is 2.98. The average Bonchev–Trinajstić information content (AvgIpc) is 2.88. The molecule has 3 nitrogen and oxygen atoms in total. The molecule has 0 spiro atoms. The predicted molar refractivity (Wildman–Crippen MR) is 94.0 cm³/mol. The second-order valence-electron chi connectivity index (χ2n) is 5.49. The zero-order valence-electron chi connectivity index (χ0n) is 12.7. The van der Waals surface area contributed by atoms with E-state index >= 15 is 0 Å². The highest BCUT2D eigenvalue weighted by molar-refractivity contribution is 6.31. The second kappa shape index (κ2) is 5.60. The fraction of sp³-hybridized carbons (Fsp3) is 0.105. The van der Waals surface area contributed by atoms with E-state index < -0.39 is 0 Å². The molecular weight excluding hydrogens is 308 g/mol. The summed E-state index contributed by atoms with van der Waals surface area (Å²) >= 11 is 6.04. The van der Waals surface area contributed by atoms with E-state index in [1.54, 1.807) is 0 Å². The van der Waals surface area contributed by atoms with Crippen molar-refractivity contribution in [2.24, 2.45) is 7.05 Å². The summed E-state index contributed by atoms with van der Waals surface area (Å²) < 4.78 is 8.07. The van der Waals surface area contributed by atoms with Crippen LogP contribution in [0.5, 0.6) is 5.75 Å². The van der Waals surface area contributed by atoms with Crippen molar-refractivity contribution in [2.45, 2.75) is 6.61 Å². The standard InChI is InChI=1S/C19H15ClN2O/c1-22-17-10-9-14(20)11-16(17)21-19(22)12-23-18-8-4-6-13-5-2-3-7-15(13)18/h2-11H,12H2,1H3. The summed E-state index contributed by atoms with van der Waals surface area (Å²) in [5.41, 5.74) is 1.93. The van der Waals surface area contributed by atoms with E-state index in [1.807, 2.05) is 54.1 Å². The highest BCUT2D eigenvalue weighted by Gasteiger charge is 2.09. The molecule has 3 aromatic carbocycles. The summed E-state index contributed by atoms with van der Waals surface area (Å²) in [4.78, 5) is 4.62. The van der Waals surface area contributed by atoms with E-state index in [-0.39, 0.29) is 0 Å². The van der Waals surface area contributed by atoms with Gasteiger partial charge in [-0.2, -0.15) is 0 Å². The first-order chi connectivity index (χ1) is 11.2. The lowest BCUT2D eigenvalue weighted by Crippen LogP contribution is -2.03. The van der Waals surface area contributed by atoms with Gasteiger partial charge >= 0.3 is 0 Å². The second-order valence-corrected chi connectivity index (χ2v) is 5.92. The molecule has 23 heavy (non-hydrogen) atoms. The maximum absolute atomic E-state index is 6.04. The minimum atomic E-state index is 0.413. The Morgan fingerprint density at radius 2 is 1.87 bits per heavy atom. The van der Waals surface area contributed by atoms with Crippen LogP contribution in [0.3, 0.4) is 0 Å². The number of hydrogen-bond acceptors (Lipinski definition) is 2. The van der Waals surface area contributed by atoms with Crippen LogP contribution in [0.25, 0.3) is 21.8 Å². The molecule has 4 aromatic rings. The highest BCUT2D eigenvalue weighted by atomic mass is 35.5. The molecule has 0 aliphatic heterocycles. The van der Waals surface area contributed by atoms with E-state index in [4.69, 9.17) is 16.3 Å². The molecule has 0 saturated carbocycles. The van der Waals surface area contributed by atoms with Crippen molar-refractivity contribution in [1.29, 1.82) is 0 Å². The van der Waals surface area contributed by atoms with Gasteiger partial charge < -0.3 is 9.30 Å². The molecule has 0 bridgehead atoms. The minimum absolute atomic E-state index is 0.413. The first-order valence-corrected chi connectivity index (χ1v) is 7.81. The van der Waals surface area contributed by atoms with Crippen LogP contribution < -0.4 is 4.74 Å². The van der Waals surface area contributed by atoms with Gasteiger partial charge in [0, 0.05) is 17.5 Å². The van der Waals surface area contributed by atoms with Crippen LogP contribution in [-0.4, -0.2) is 9.55 Å². The smallest absolute Gasteiger partial charge is 0.147 e. The van der Waals surface area contributed by atoms with Gasteiger partial charge in [-0.3, -0.25) is 0 Å². The number of ether oxygens (including phenoxy) is 1. The molecule has 0 amide bonds. The Kier molecular flexibility index (Phi) is 3.43. The maximum Gasteiger partial charge on any atom is 0.147 e. The Morgan fingerprint density at radius 3 is 2.78 bits per heavy atom. The van der Waals surface area contributed by atoms with Gasteiger partial charge in [0.1, 0.15) is 18.2 Å². The van der Waals surface area contributed by atoms with Gasteiger partial charge in [0.25, 0.3) is 0 Å². The van der Waals surface area contributed by atoms with Gasteiger partial charge in [-0.25, -0.2) is 4.98 Å². The summed E-state index contributed by atoms with van der Waals surface area (Å²) in [5, 5.41) is 2.97. The lowest BCUT2D eigenvalue weighted by molar-refractivity contribution is 0.296. The first-order valence-electron chi connectivity index (χ1n) is 7.44. The molecule has 0 N–H and O–H groups in total. The van der Waals surface area contributed by atoms with Crippen LogP contribution in [0, 0.1) is 0 Å². The monoisotopic (exact) mass is 322 g/mol. The van der Waals surface area contributed by atoms with E-state index in [2.05, 4.69) is 23.2 Å². The van der Waals surface area contributed by atoms with Crippen molar-refractivity contribution in [3.8, 4) is 5.75 Å². The van der Waals surface area contributed by atoms with E-state index in [0.717, 1.165) is 28.0 Å². The van der Waals surface area contributed by atoms with Crippen LogP contribution in [-0.2, 0) is 13.7 Å². The molecule has 0 aliphatic rings. The molecule has 0 unspecified atom stereocenters. The topological polar surface area (TPSA) is 27.1 Å². The van der Waals surface area contributed by atoms with Gasteiger partial charge in [0.15, 0.2) is 0 Å². The van der Waals surface area contributed by atoms with Crippen molar-refractivity contribution in [1.82, 2.24) is 9.55 Å². The van der Waals surface area contributed by atoms with E-state index in [1.165, 1.54) is 5.39 Å². The van der Waals surface area contributed by atoms with Crippen molar-refractivity contribution in [3.05, 3.63) is 71.5 Å². The lowest BCUT2D eigenvalue weighted by Gasteiger charge is -2.09. The number of fused-ring (bicyclic) bond motifs is 2. The van der Waals surface area contributed by atoms with Crippen LogP contribution in [0.2, 0.25) is 5.02 Å². The molecular formula is C19H15ClN2O. The summed E-state index contributed by atoms with van der Waals surface area (Å²) in [6.45, 7) is 0.413. The molecule has 4 heteroatoms. The average molecular weight is 323 g/mol. The molecule has 0 saturated heterocycles. The number of aromatic nitrogens is 2. The third-order valence-electron chi connectivity index (χ3n) is 4.04. The summed E-state index contributed by atoms with van der Waals surface area (Å²) in [6, 6.07) is 20.0. The molecule has 4 rings (SSSR count). The molecule has 0 atom stereocenters. The van der Waals surface area contributed by atoms with Gasteiger partial charge in [0.05, 0.1) is 11.0 Å². The zero-order valence-corrected chi connectivity index (χ0v) is 13.4. The quantitative estimate of drug-likeness (QED) is 0.533. The van der Waals surface area contributed by atoms with E-state index in [9.17, 15) is 0 Å². The van der Waals surface area contributed by atoms with Crippen molar-refractivity contribution >= 4 is 33.4 Å². The molecule has 0 fully saturated rings. The van der Waals surface area contributed by atoms with E-state index in [0.29, 0.717) is 11.6 Å². The molecule has 114 valence electrons. The van der Waals surface area contributed by atoms with Gasteiger partial charge in [0.2, 0.25) is 0 Å². The Morgan fingerprint density at radius 1 is 1.04 bits per heavy atom. The van der Waals surface area contributed by atoms with Crippen molar-refractivity contribution in [3.63, 3.8) is 0 Å².